The number of aromatic amines is 1. The van der Waals surface area contributed by atoms with E-state index in [0.717, 1.165) is 9.39 Å². The van der Waals surface area contributed by atoms with Crippen LogP contribution in [0.25, 0.3) is 0 Å². The van der Waals surface area contributed by atoms with Crippen LogP contribution in [0.5, 0.6) is 0 Å². The lowest BCUT2D eigenvalue weighted by atomic mass is 10.5. The Morgan fingerprint density at radius 3 is 2.50 bits per heavy atom. The number of aromatic nitrogens is 2. The number of hydrogen-bond acceptors (Lipinski definition) is 1. The highest BCUT2D eigenvalue weighted by atomic mass is 127. The smallest absolute Gasteiger partial charge is 0.0960 e. The summed E-state index contributed by atoms with van der Waals surface area (Å²) in [6.07, 6.45) is 0. The molecular weight excluding hydrogens is 238 g/mol. The highest BCUT2D eigenvalue weighted by Crippen LogP contribution is 1.99. The average Bonchev–Trinajstić information content (AvgIpc) is 1.87. The maximum atomic E-state index is 3.88. The molecule has 0 radical (unpaired) electrons. The molecule has 0 amide bonds. The van der Waals surface area contributed by atoms with Crippen molar-refractivity contribution in [3.8, 4) is 0 Å². The van der Waals surface area contributed by atoms with Gasteiger partial charge in [0.15, 0.2) is 0 Å². The minimum absolute atomic E-state index is 0. The van der Waals surface area contributed by atoms with E-state index in [1.807, 2.05) is 13.0 Å². The number of rotatable bonds is 0. The molecule has 1 rings (SSSR count). The molecule has 46 valence electrons. The van der Waals surface area contributed by atoms with Gasteiger partial charge in [-0.05, 0) is 35.6 Å². The van der Waals surface area contributed by atoms with E-state index in [-0.39, 0.29) is 12.4 Å². The SMILES string of the molecule is Cc1cc(I)[nH]n1.Cl. The highest BCUT2D eigenvalue weighted by Gasteiger charge is 1.86. The number of nitrogens with zero attached hydrogens (tertiary/aromatic N) is 1. The molecule has 1 N–H and O–H groups in total. The second kappa shape index (κ2) is 3.29. The molecule has 0 saturated heterocycles. The Morgan fingerprint density at radius 1 is 1.75 bits per heavy atom. The summed E-state index contributed by atoms with van der Waals surface area (Å²) in [4.78, 5) is 0. The lowest BCUT2D eigenvalue weighted by Gasteiger charge is -1.65. The number of H-pyrrole nitrogens is 1. The summed E-state index contributed by atoms with van der Waals surface area (Å²) in [7, 11) is 0. The number of hydrogen-bond donors (Lipinski definition) is 1. The van der Waals surface area contributed by atoms with E-state index in [9.17, 15) is 0 Å². The Bertz CT molecular complexity index is 146. The van der Waals surface area contributed by atoms with Crippen LogP contribution in [0, 0.1) is 10.6 Å². The zero-order valence-electron chi connectivity index (χ0n) is 4.31. The van der Waals surface area contributed by atoms with Gasteiger partial charge in [0.2, 0.25) is 0 Å². The molecule has 0 fully saturated rings. The van der Waals surface area contributed by atoms with E-state index in [0.29, 0.717) is 0 Å². The fourth-order valence-corrected chi connectivity index (χ4v) is 0.961. The Kier molecular flexibility index (Phi) is 3.39. The molecule has 0 atom stereocenters. The van der Waals surface area contributed by atoms with Crippen LogP contribution in [0.4, 0.5) is 0 Å². The van der Waals surface area contributed by atoms with Crippen LogP contribution < -0.4 is 0 Å². The zero-order chi connectivity index (χ0) is 5.28. The van der Waals surface area contributed by atoms with Crippen LogP contribution in [0.2, 0.25) is 0 Å². The van der Waals surface area contributed by atoms with Crippen molar-refractivity contribution in [1.82, 2.24) is 10.2 Å². The van der Waals surface area contributed by atoms with Crippen molar-refractivity contribution in [2.45, 2.75) is 6.92 Å². The van der Waals surface area contributed by atoms with Gasteiger partial charge >= 0.3 is 0 Å². The first-order valence-corrected chi connectivity index (χ1v) is 3.04. The molecule has 0 unspecified atom stereocenters. The van der Waals surface area contributed by atoms with Gasteiger partial charge in [0.25, 0.3) is 0 Å². The van der Waals surface area contributed by atoms with E-state index in [1.165, 1.54) is 0 Å². The highest BCUT2D eigenvalue weighted by molar-refractivity contribution is 14.1. The Labute approximate surface area is 67.6 Å². The van der Waals surface area contributed by atoms with E-state index in [4.69, 9.17) is 0 Å². The largest absolute Gasteiger partial charge is 0.272 e. The van der Waals surface area contributed by atoms with Crippen LogP contribution in [-0.4, -0.2) is 10.2 Å². The van der Waals surface area contributed by atoms with E-state index < -0.39 is 0 Å². The van der Waals surface area contributed by atoms with Gasteiger partial charge in [-0.15, -0.1) is 12.4 Å². The molecular formula is C4H6ClIN2. The molecule has 1 aromatic heterocycles. The number of nitrogens with one attached hydrogen (secondary N) is 1. The van der Waals surface area contributed by atoms with Gasteiger partial charge in [0.1, 0.15) is 0 Å². The van der Waals surface area contributed by atoms with Crippen LogP contribution >= 0.6 is 35.0 Å². The lowest BCUT2D eigenvalue weighted by Crippen LogP contribution is -1.67. The predicted octanol–water partition coefficient (Wildman–Crippen LogP) is 1.74. The Balaban J connectivity index is 0.000000490. The quantitative estimate of drug-likeness (QED) is 0.692. The van der Waals surface area contributed by atoms with Gasteiger partial charge < -0.3 is 0 Å². The normalized spacial score (nSPS) is 8.25. The van der Waals surface area contributed by atoms with Gasteiger partial charge in [-0.2, -0.15) is 5.10 Å². The van der Waals surface area contributed by atoms with Crippen molar-refractivity contribution < 1.29 is 0 Å². The second-order valence-corrected chi connectivity index (χ2v) is 2.52. The van der Waals surface area contributed by atoms with Crippen LogP contribution in [-0.2, 0) is 0 Å². The summed E-state index contributed by atoms with van der Waals surface area (Å²) in [5, 5.41) is 6.69. The first kappa shape index (κ1) is 8.23. The summed E-state index contributed by atoms with van der Waals surface area (Å²) >= 11 is 2.18. The van der Waals surface area contributed by atoms with Crippen molar-refractivity contribution >= 4 is 35.0 Å². The fourth-order valence-electron chi connectivity index (χ4n) is 0.390. The van der Waals surface area contributed by atoms with Crippen LogP contribution in [0.3, 0.4) is 0 Å². The van der Waals surface area contributed by atoms with E-state index in [2.05, 4.69) is 32.8 Å². The van der Waals surface area contributed by atoms with Crippen LogP contribution in [0.1, 0.15) is 5.69 Å². The molecule has 0 aliphatic carbocycles. The van der Waals surface area contributed by atoms with Crippen molar-refractivity contribution in [3.05, 3.63) is 15.5 Å². The van der Waals surface area contributed by atoms with Gasteiger partial charge in [-0.25, -0.2) is 0 Å². The van der Waals surface area contributed by atoms with E-state index >= 15 is 0 Å². The molecule has 0 aliphatic rings. The van der Waals surface area contributed by atoms with Crippen molar-refractivity contribution in [2.24, 2.45) is 0 Å². The first-order valence-electron chi connectivity index (χ1n) is 1.96. The third-order valence-electron chi connectivity index (χ3n) is 0.675. The van der Waals surface area contributed by atoms with Crippen molar-refractivity contribution in [1.29, 1.82) is 0 Å². The first-order chi connectivity index (χ1) is 3.29. The number of aryl methyl sites for hydroxylation is 1. The topological polar surface area (TPSA) is 28.7 Å². The van der Waals surface area contributed by atoms with Crippen molar-refractivity contribution in [2.75, 3.05) is 0 Å². The maximum Gasteiger partial charge on any atom is 0.0960 e. The molecule has 1 aromatic rings. The van der Waals surface area contributed by atoms with Gasteiger partial charge in [0.05, 0.1) is 9.39 Å². The molecule has 4 heteroatoms. The van der Waals surface area contributed by atoms with Crippen LogP contribution in [0.15, 0.2) is 6.07 Å². The Hall–Kier alpha value is 0.230. The van der Waals surface area contributed by atoms with E-state index in [1.54, 1.807) is 0 Å². The predicted molar refractivity (Wildman–Crippen MR) is 43.3 cm³/mol. The summed E-state index contributed by atoms with van der Waals surface area (Å²) < 4.78 is 1.09. The minimum Gasteiger partial charge on any atom is -0.272 e. The number of halogens is 2. The molecule has 8 heavy (non-hydrogen) atoms. The summed E-state index contributed by atoms with van der Waals surface area (Å²) in [6, 6.07) is 1.99. The van der Waals surface area contributed by atoms with Gasteiger partial charge in [0, 0.05) is 0 Å². The maximum absolute atomic E-state index is 3.88. The summed E-state index contributed by atoms with van der Waals surface area (Å²) in [5.74, 6) is 0. The summed E-state index contributed by atoms with van der Waals surface area (Å²) in [5.41, 5.74) is 1.05. The summed E-state index contributed by atoms with van der Waals surface area (Å²) in [6.45, 7) is 1.96. The molecule has 0 aromatic carbocycles. The molecule has 0 bridgehead atoms. The Morgan fingerprint density at radius 2 is 2.38 bits per heavy atom. The zero-order valence-corrected chi connectivity index (χ0v) is 7.28. The average molecular weight is 244 g/mol. The van der Waals surface area contributed by atoms with Gasteiger partial charge in [-0.1, -0.05) is 0 Å². The molecule has 0 aliphatic heterocycles. The lowest BCUT2D eigenvalue weighted by molar-refractivity contribution is 1.03. The molecule has 2 nitrogen and oxygen atoms in total. The third-order valence-corrected chi connectivity index (χ3v) is 1.23. The monoisotopic (exact) mass is 244 g/mol. The second-order valence-electron chi connectivity index (χ2n) is 1.36. The molecule has 0 spiro atoms. The third kappa shape index (κ3) is 2.00. The molecule has 1 heterocycles. The molecule has 0 saturated carbocycles. The van der Waals surface area contributed by atoms with Gasteiger partial charge in [-0.3, -0.25) is 5.10 Å². The standard InChI is InChI=1S/C4H5IN2.ClH/c1-3-2-4(5)7-6-3;/h2H,1H3,(H,6,7);1H. The minimum atomic E-state index is 0. The fraction of sp³-hybridized carbons (Fsp3) is 0.250. The van der Waals surface area contributed by atoms with Crippen molar-refractivity contribution in [3.63, 3.8) is 0 Å².